The van der Waals surface area contributed by atoms with Crippen LogP contribution < -0.4 is 0 Å². The molecule has 0 amide bonds. The normalized spacial score (nSPS) is 11.7. The fraction of sp³-hybridized carbons (Fsp3) is 0.188. The van der Waals surface area contributed by atoms with Crippen LogP contribution in [0.15, 0.2) is 40.9 Å². The fourth-order valence-corrected chi connectivity index (χ4v) is 3.30. The van der Waals surface area contributed by atoms with Gasteiger partial charge in [0.15, 0.2) is 5.78 Å². The Kier molecular flexibility index (Phi) is 4.91. The molecule has 0 aliphatic rings. The van der Waals surface area contributed by atoms with Gasteiger partial charge in [-0.3, -0.25) is 4.79 Å². The van der Waals surface area contributed by atoms with Gasteiger partial charge in [-0.1, -0.05) is 28.9 Å². The number of aryl methyl sites for hydroxylation is 1. The lowest BCUT2D eigenvalue weighted by Crippen LogP contribution is -2.04. The van der Waals surface area contributed by atoms with Gasteiger partial charge in [0.25, 0.3) is 0 Å². The van der Waals surface area contributed by atoms with Crippen LogP contribution in [-0.4, -0.2) is 15.9 Å². The average molecular weight is 387 g/mol. The smallest absolute Gasteiger partial charge is 0.329 e. The van der Waals surface area contributed by atoms with Crippen LogP contribution in [0.25, 0.3) is 10.7 Å². The quantitative estimate of drug-likeness (QED) is 0.559. The van der Waals surface area contributed by atoms with E-state index in [9.17, 15) is 18.0 Å². The first-order valence-electron chi connectivity index (χ1n) is 7.12. The van der Waals surface area contributed by atoms with Crippen molar-refractivity contribution in [2.75, 3.05) is 0 Å². The Bertz CT molecular complexity index is 905. The van der Waals surface area contributed by atoms with Gasteiger partial charge in [0, 0.05) is 16.9 Å². The number of carbonyl (C=O) groups excluding carboxylic acids is 1. The highest BCUT2D eigenvalue weighted by molar-refractivity contribution is 7.15. The Labute approximate surface area is 149 Å². The lowest BCUT2D eigenvalue weighted by molar-refractivity contribution is -0.159. The van der Waals surface area contributed by atoms with Gasteiger partial charge in [-0.2, -0.15) is 18.2 Å². The summed E-state index contributed by atoms with van der Waals surface area (Å²) in [6.07, 6.45) is -3.99. The van der Waals surface area contributed by atoms with Crippen LogP contribution in [0.5, 0.6) is 0 Å². The van der Waals surface area contributed by atoms with Crippen LogP contribution in [-0.2, 0) is 12.6 Å². The molecule has 0 radical (unpaired) electrons. The molecule has 0 aliphatic heterocycles. The summed E-state index contributed by atoms with van der Waals surface area (Å²) < 4.78 is 41.7. The number of alkyl halides is 3. The first-order chi connectivity index (χ1) is 11.8. The van der Waals surface area contributed by atoms with Crippen LogP contribution in [0.1, 0.15) is 27.5 Å². The fourth-order valence-electron chi connectivity index (χ4n) is 2.13. The minimum absolute atomic E-state index is 0.0977. The Hall–Kier alpha value is -2.19. The monoisotopic (exact) mass is 386 g/mol. The molecule has 0 spiro atoms. The van der Waals surface area contributed by atoms with Crippen molar-refractivity contribution in [1.82, 2.24) is 10.1 Å². The molecule has 0 saturated carbocycles. The number of nitrogens with zero attached hydrogens (tertiary/aromatic N) is 2. The first kappa shape index (κ1) is 17.6. The van der Waals surface area contributed by atoms with Crippen LogP contribution in [0, 0.1) is 0 Å². The van der Waals surface area contributed by atoms with Gasteiger partial charge < -0.3 is 4.52 Å². The predicted molar refractivity (Wildman–Crippen MR) is 86.7 cm³/mol. The summed E-state index contributed by atoms with van der Waals surface area (Å²) in [5.74, 6) is -1.60. The second-order valence-corrected chi connectivity index (χ2v) is 6.67. The van der Waals surface area contributed by atoms with Crippen molar-refractivity contribution in [3.8, 4) is 10.7 Å². The molecule has 0 aliphatic carbocycles. The molecule has 3 rings (SSSR count). The van der Waals surface area contributed by atoms with Crippen molar-refractivity contribution in [1.29, 1.82) is 0 Å². The summed E-state index contributed by atoms with van der Waals surface area (Å²) in [6.45, 7) is 0. The van der Waals surface area contributed by atoms with Crippen molar-refractivity contribution < 1.29 is 22.5 Å². The van der Waals surface area contributed by atoms with E-state index in [1.807, 2.05) is 0 Å². The number of carbonyl (C=O) groups is 1. The third-order valence-corrected chi connectivity index (χ3v) is 4.79. The highest BCUT2D eigenvalue weighted by Gasteiger charge is 2.38. The van der Waals surface area contributed by atoms with E-state index in [-0.39, 0.29) is 18.0 Å². The topological polar surface area (TPSA) is 56.0 Å². The lowest BCUT2D eigenvalue weighted by atomic mass is 10.1. The van der Waals surface area contributed by atoms with Crippen LogP contribution in [0.4, 0.5) is 13.2 Å². The van der Waals surface area contributed by atoms with Gasteiger partial charge in [0.1, 0.15) is 0 Å². The molecule has 25 heavy (non-hydrogen) atoms. The summed E-state index contributed by atoms with van der Waals surface area (Å²) in [7, 11) is 0. The maximum atomic E-state index is 12.5. The van der Waals surface area contributed by atoms with E-state index in [1.54, 1.807) is 36.4 Å². The van der Waals surface area contributed by atoms with Crippen LogP contribution in [0.2, 0.25) is 5.02 Å². The number of hydrogen-bond donors (Lipinski definition) is 0. The zero-order chi connectivity index (χ0) is 18.0. The van der Waals surface area contributed by atoms with E-state index < -0.39 is 12.1 Å². The van der Waals surface area contributed by atoms with E-state index in [1.165, 1.54) is 11.3 Å². The molecule has 0 unspecified atom stereocenters. The number of hydrogen-bond acceptors (Lipinski definition) is 5. The molecule has 0 N–H and O–H groups in total. The molecule has 9 heteroatoms. The number of benzene rings is 1. The van der Waals surface area contributed by atoms with Gasteiger partial charge in [-0.25, -0.2) is 0 Å². The van der Waals surface area contributed by atoms with Gasteiger partial charge >= 0.3 is 12.1 Å². The van der Waals surface area contributed by atoms with Crippen LogP contribution in [0.3, 0.4) is 0 Å². The number of ketones is 1. The van der Waals surface area contributed by atoms with Crippen molar-refractivity contribution in [2.45, 2.75) is 19.0 Å². The standard InChI is InChI=1S/C16H10ClF3N2O2S/c17-11-4-2-1-3-10(11)12(23)7-5-9-6-8-13(25-9)14-21-15(24-22-14)16(18,19)20/h1-4,6,8H,5,7H2. The Morgan fingerprint density at radius 2 is 1.96 bits per heavy atom. The van der Waals surface area contributed by atoms with Gasteiger partial charge in [0.05, 0.1) is 9.90 Å². The summed E-state index contributed by atoms with van der Waals surface area (Å²) in [5, 5.41) is 3.73. The molecular weight excluding hydrogens is 377 g/mol. The second-order valence-electron chi connectivity index (χ2n) is 5.09. The number of rotatable bonds is 5. The van der Waals surface area contributed by atoms with Crippen LogP contribution >= 0.6 is 22.9 Å². The molecule has 4 nitrogen and oxygen atoms in total. The molecule has 130 valence electrons. The molecular formula is C16H10ClF3N2O2S. The first-order valence-corrected chi connectivity index (χ1v) is 8.32. The highest BCUT2D eigenvalue weighted by atomic mass is 35.5. The zero-order valence-corrected chi connectivity index (χ0v) is 14.1. The van der Waals surface area contributed by atoms with Gasteiger partial charge in [-0.05, 0) is 30.7 Å². The maximum Gasteiger partial charge on any atom is 0.471 e. The maximum absolute atomic E-state index is 12.5. The minimum atomic E-state index is -4.67. The number of halogens is 4. The van der Waals surface area contributed by atoms with Gasteiger partial charge in [0.2, 0.25) is 5.82 Å². The predicted octanol–water partition coefficient (Wildman–Crippen LogP) is 5.29. The average Bonchev–Trinajstić information content (AvgIpc) is 3.21. The number of thiophene rings is 1. The third kappa shape index (κ3) is 4.08. The summed E-state index contributed by atoms with van der Waals surface area (Å²) in [6, 6.07) is 10.1. The molecule has 0 atom stereocenters. The third-order valence-electron chi connectivity index (χ3n) is 3.32. The lowest BCUT2D eigenvalue weighted by Gasteiger charge is -2.02. The molecule has 0 bridgehead atoms. The molecule has 0 fully saturated rings. The molecule has 2 aromatic heterocycles. The number of aromatic nitrogens is 2. The largest absolute Gasteiger partial charge is 0.471 e. The van der Waals surface area contributed by atoms with E-state index >= 15 is 0 Å². The molecule has 0 saturated heterocycles. The Morgan fingerprint density at radius 1 is 1.20 bits per heavy atom. The van der Waals surface area contributed by atoms with E-state index in [0.717, 1.165) is 4.88 Å². The Morgan fingerprint density at radius 3 is 2.64 bits per heavy atom. The van der Waals surface area contributed by atoms with Crippen molar-refractivity contribution in [2.24, 2.45) is 0 Å². The number of Topliss-reactive ketones (excluding diaryl/α,β-unsaturated/α-hetero) is 1. The minimum Gasteiger partial charge on any atom is -0.329 e. The summed E-state index contributed by atoms with van der Waals surface area (Å²) >= 11 is 7.20. The van der Waals surface area contributed by atoms with E-state index in [0.29, 0.717) is 21.9 Å². The van der Waals surface area contributed by atoms with Crippen molar-refractivity contribution in [3.05, 3.63) is 57.8 Å². The zero-order valence-electron chi connectivity index (χ0n) is 12.5. The SMILES string of the molecule is O=C(CCc1ccc(-c2noc(C(F)(F)F)n2)s1)c1ccccc1Cl. The summed E-state index contributed by atoms with van der Waals surface area (Å²) in [5.41, 5.74) is 0.453. The second kappa shape index (κ2) is 6.97. The molecule has 2 heterocycles. The van der Waals surface area contributed by atoms with E-state index in [2.05, 4.69) is 14.7 Å². The van der Waals surface area contributed by atoms with Crippen molar-refractivity contribution in [3.63, 3.8) is 0 Å². The highest BCUT2D eigenvalue weighted by Crippen LogP contribution is 2.32. The van der Waals surface area contributed by atoms with Crippen molar-refractivity contribution >= 4 is 28.7 Å². The van der Waals surface area contributed by atoms with E-state index in [4.69, 9.17) is 11.6 Å². The Balaban J connectivity index is 1.67. The molecule has 3 aromatic rings. The summed E-state index contributed by atoms with van der Waals surface area (Å²) in [4.78, 5) is 16.8. The van der Waals surface area contributed by atoms with Gasteiger partial charge in [-0.15, -0.1) is 11.3 Å². The molecule has 1 aromatic carbocycles.